The molecule has 0 spiro atoms. The molecule has 0 bridgehead atoms. The Labute approximate surface area is 163 Å². The number of carbonyl (C=O) groups is 1. The number of halogens is 1. The average molecular weight is 385 g/mol. The van der Waals surface area contributed by atoms with Gasteiger partial charge >= 0.3 is 0 Å². The Morgan fingerprint density at radius 2 is 1.89 bits per heavy atom. The van der Waals surface area contributed by atoms with Crippen molar-refractivity contribution in [1.29, 1.82) is 0 Å². The van der Waals surface area contributed by atoms with E-state index in [4.69, 9.17) is 20.9 Å². The second kappa shape index (κ2) is 8.27. The van der Waals surface area contributed by atoms with Gasteiger partial charge in [-0.25, -0.2) is 0 Å². The third-order valence-corrected chi connectivity index (χ3v) is 4.56. The van der Waals surface area contributed by atoms with Crippen LogP contribution in [0.1, 0.15) is 28.1 Å². The zero-order valence-electron chi connectivity index (χ0n) is 15.5. The maximum Gasteiger partial charge on any atom is 0.228 e. The summed E-state index contributed by atoms with van der Waals surface area (Å²) < 4.78 is 10.9. The third-order valence-electron chi connectivity index (χ3n) is 4.33. The predicted octanol–water partition coefficient (Wildman–Crippen LogP) is 5.01. The first-order chi connectivity index (χ1) is 12.9. The maximum atomic E-state index is 12.3. The molecule has 6 heteroatoms. The van der Waals surface area contributed by atoms with E-state index < -0.39 is 0 Å². The molecule has 0 aliphatic rings. The van der Waals surface area contributed by atoms with E-state index in [0.29, 0.717) is 11.6 Å². The van der Waals surface area contributed by atoms with Crippen LogP contribution in [0, 0.1) is 20.8 Å². The minimum Gasteiger partial charge on any atom is -0.489 e. The van der Waals surface area contributed by atoms with Crippen molar-refractivity contribution in [1.82, 2.24) is 5.16 Å². The van der Waals surface area contributed by atoms with Crippen molar-refractivity contribution in [2.24, 2.45) is 0 Å². The number of aryl methyl sites for hydroxylation is 3. The van der Waals surface area contributed by atoms with Crippen molar-refractivity contribution >= 4 is 23.2 Å². The van der Waals surface area contributed by atoms with Crippen LogP contribution in [0.25, 0.3) is 0 Å². The second-order valence-electron chi connectivity index (χ2n) is 6.42. The Morgan fingerprint density at radius 3 is 2.56 bits per heavy atom. The lowest BCUT2D eigenvalue weighted by Crippen LogP contribution is -2.15. The number of hydrogen-bond acceptors (Lipinski definition) is 4. The van der Waals surface area contributed by atoms with Crippen LogP contribution in [0.15, 0.2) is 47.0 Å². The zero-order chi connectivity index (χ0) is 19.4. The van der Waals surface area contributed by atoms with Gasteiger partial charge in [0.05, 0.1) is 17.7 Å². The highest BCUT2D eigenvalue weighted by atomic mass is 35.5. The number of anilines is 1. The molecule has 27 heavy (non-hydrogen) atoms. The number of amides is 1. The third kappa shape index (κ3) is 4.89. The van der Waals surface area contributed by atoms with E-state index in [-0.39, 0.29) is 12.3 Å². The first kappa shape index (κ1) is 19.0. The first-order valence-corrected chi connectivity index (χ1v) is 8.99. The van der Waals surface area contributed by atoms with Crippen molar-refractivity contribution in [3.8, 4) is 5.75 Å². The number of nitrogens with zero attached hydrogens (tertiary/aromatic N) is 1. The lowest BCUT2D eigenvalue weighted by molar-refractivity contribution is -0.115. The summed E-state index contributed by atoms with van der Waals surface area (Å²) in [4.78, 5) is 12.3. The van der Waals surface area contributed by atoms with Gasteiger partial charge in [-0.2, -0.15) is 0 Å². The number of hydrogen-bond donors (Lipinski definition) is 1. The fourth-order valence-electron chi connectivity index (χ4n) is 2.68. The number of benzene rings is 2. The quantitative estimate of drug-likeness (QED) is 0.648. The van der Waals surface area contributed by atoms with E-state index in [1.807, 2.05) is 51.1 Å². The standard InChI is InChI=1S/C21H21ClN2O3/c1-13-4-7-17(22)11-20(13)23-21(25)10-16-5-8-18(9-6-16)26-12-19-14(2)24-27-15(19)3/h4-9,11H,10,12H2,1-3H3,(H,23,25). The SMILES string of the molecule is Cc1ccc(Cl)cc1NC(=O)Cc1ccc(OCc2c(C)noc2C)cc1. The van der Waals surface area contributed by atoms with Gasteiger partial charge in [0.15, 0.2) is 0 Å². The predicted molar refractivity (Wildman–Crippen MR) is 105 cm³/mol. The Bertz CT molecular complexity index is 929. The van der Waals surface area contributed by atoms with Crippen molar-refractivity contribution in [2.45, 2.75) is 33.8 Å². The molecule has 3 aromatic rings. The summed E-state index contributed by atoms with van der Waals surface area (Å²) in [5.74, 6) is 1.40. The van der Waals surface area contributed by atoms with Crippen LogP contribution in [0.2, 0.25) is 5.02 Å². The van der Waals surface area contributed by atoms with Crippen LogP contribution in [-0.4, -0.2) is 11.1 Å². The summed E-state index contributed by atoms with van der Waals surface area (Å²) in [7, 11) is 0. The highest BCUT2D eigenvalue weighted by Gasteiger charge is 2.10. The number of nitrogens with one attached hydrogen (secondary N) is 1. The number of carbonyl (C=O) groups excluding carboxylic acids is 1. The first-order valence-electron chi connectivity index (χ1n) is 8.62. The molecule has 1 amide bonds. The second-order valence-corrected chi connectivity index (χ2v) is 6.86. The van der Waals surface area contributed by atoms with Crippen LogP contribution in [0.3, 0.4) is 0 Å². The molecule has 0 unspecified atom stereocenters. The summed E-state index contributed by atoms with van der Waals surface area (Å²) >= 11 is 5.99. The van der Waals surface area contributed by atoms with Gasteiger partial charge in [0.2, 0.25) is 5.91 Å². The molecular weight excluding hydrogens is 364 g/mol. The zero-order valence-corrected chi connectivity index (χ0v) is 16.3. The van der Waals surface area contributed by atoms with Crippen LogP contribution >= 0.6 is 11.6 Å². The normalized spacial score (nSPS) is 10.7. The molecule has 1 heterocycles. The molecule has 5 nitrogen and oxygen atoms in total. The smallest absolute Gasteiger partial charge is 0.228 e. The van der Waals surface area contributed by atoms with E-state index in [1.165, 1.54) is 0 Å². The minimum atomic E-state index is -0.0928. The van der Waals surface area contributed by atoms with Crippen molar-refractivity contribution in [3.63, 3.8) is 0 Å². The van der Waals surface area contributed by atoms with Crippen LogP contribution in [0.4, 0.5) is 5.69 Å². The molecule has 0 radical (unpaired) electrons. The fraction of sp³-hybridized carbons (Fsp3) is 0.238. The number of aromatic nitrogens is 1. The molecule has 2 aromatic carbocycles. The summed E-state index contributed by atoms with van der Waals surface area (Å²) in [6.45, 7) is 6.08. The summed E-state index contributed by atoms with van der Waals surface area (Å²) in [6, 6.07) is 12.9. The Balaban J connectivity index is 1.57. The molecule has 0 fully saturated rings. The van der Waals surface area contributed by atoms with Crippen molar-refractivity contribution < 1.29 is 14.1 Å². The van der Waals surface area contributed by atoms with Crippen LogP contribution in [0.5, 0.6) is 5.75 Å². The summed E-state index contributed by atoms with van der Waals surface area (Å²) in [5.41, 5.74) is 4.38. The molecule has 1 N–H and O–H groups in total. The Morgan fingerprint density at radius 1 is 1.15 bits per heavy atom. The number of rotatable bonds is 6. The maximum absolute atomic E-state index is 12.3. The van der Waals surface area contributed by atoms with Gasteiger partial charge in [-0.3, -0.25) is 4.79 Å². The molecule has 0 atom stereocenters. The highest BCUT2D eigenvalue weighted by Crippen LogP contribution is 2.21. The van der Waals surface area contributed by atoms with Crippen LogP contribution in [-0.2, 0) is 17.8 Å². The molecule has 140 valence electrons. The van der Waals surface area contributed by atoms with E-state index >= 15 is 0 Å². The summed E-state index contributed by atoms with van der Waals surface area (Å²) in [5, 5.41) is 7.40. The molecular formula is C21H21ClN2O3. The van der Waals surface area contributed by atoms with Gasteiger partial charge < -0.3 is 14.6 Å². The van der Waals surface area contributed by atoms with E-state index in [0.717, 1.165) is 39.6 Å². The molecule has 3 rings (SSSR count). The molecule has 0 aliphatic carbocycles. The monoisotopic (exact) mass is 384 g/mol. The Hall–Kier alpha value is -2.79. The fourth-order valence-corrected chi connectivity index (χ4v) is 2.85. The highest BCUT2D eigenvalue weighted by molar-refractivity contribution is 6.31. The van der Waals surface area contributed by atoms with E-state index in [1.54, 1.807) is 12.1 Å². The number of ether oxygens (including phenoxy) is 1. The topological polar surface area (TPSA) is 64.4 Å². The van der Waals surface area contributed by atoms with E-state index in [2.05, 4.69) is 10.5 Å². The summed E-state index contributed by atoms with van der Waals surface area (Å²) in [6.07, 6.45) is 0.274. The van der Waals surface area contributed by atoms with Gasteiger partial charge in [0.25, 0.3) is 0 Å². The van der Waals surface area contributed by atoms with Gasteiger partial charge in [-0.05, 0) is 56.2 Å². The molecule has 0 saturated carbocycles. The lowest BCUT2D eigenvalue weighted by atomic mass is 10.1. The van der Waals surface area contributed by atoms with Crippen molar-refractivity contribution in [3.05, 3.63) is 75.6 Å². The molecule has 1 aromatic heterocycles. The van der Waals surface area contributed by atoms with Gasteiger partial charge in [-0.1, -0.05) is 35.0 Å². The van der Waals surface area contributed by atoms with Crippen molar-refractivity contribution in [2.75, 3.05) is 5.32 Å². The van der Waals surface area contributed by atoms with Gasteiger partial charge in [0.1, 0.15) is 18.1 Å². The van der Waals surface area contributed by atoms with Crippen LogP contribution < -0.4 is 10.1 Å². The van der Waals surface area contributed by atoms with Gasteiger partial charge in [0, 0.05) is 10.7 Å². The average Bonchev–Trinajstić information content (AvgIpc) is 2.95. The van der Waals surface area contributed by atoms with Gasteiger partial charge in [-0.15, -0.1) is 0 Å². The lowest BCUT2D eigenvalue weighted by Gasteiger charge is -2.10. The Kier molecular flexibility index (Phi) is 5.81. The largest absolute Gasteiger partial charge is 0.489 e. The molecule has 0 saturated heterocycles. The minimum absolute atomic E-state index is 0.0928. The van der Waals surface area contributed by atoms with E-state index in [9.17, 15) is 4.79 Å². The molecule has 0 aliphatic heterocycles.